The molecule has 30 heavy (non-hydrogen) atoms. The number of nitrogens with zero attached hydrogens (tertiary/aromatic N) is 4. The van der Waals surface area contributed by atoms with Gasteiger partial charge in [0.05, 0.1) is 41.4 Å². The van der Waals surface area contributed by atoms with Gasteiger partial charge >= 0.3 is 0 Å². The van der Waals surface area contributed by atoms with Gasteiger partial charge in [0.15, 0.2) is 5.82 Å². The maximum atomic E-state index is 13.3. The molecule has 1 aliphatic heterocycles. The van der Waals surface area contributed by atoms with Crippen LogP contribution in [0, 0.1) is 5.92 Å². The molecule has 1 aromatic carbocycles. The predicted octanol–water partition coefficient (Wildman–Crippen LogP) is 4.63. The Morgan fingerprint density at radius 1 is 1.13 bits per heavy atom. The Bertz CT molecular complexity index is 1090. The average molecular weight is 402 g/mol. The van der Waals surface area contributed by atoms with Crippen molar-refractivity contribution in [1.29, 1.82) is 0 Å². The van der Waals surface area contributed by atoms with Gasteiger partial charge in [0.1, 0.15) is 0 Å². The first kappa shape index (κ1) is 19.0. The highest BCUT2D eigenvalue weighted by Crippen LogP contribution is 2.43. The molecule has 3 heterocycles. The lowest BCUT2D eigenvalue weighted by Crippen LogP contribution is -2.29. The molecule has 0 radical (unpaired) electrons. The summed E-state index contributed by atoms with van der Waals surface area (Å²) in [7, 11) is 0. The van der Waals surface area contributed by atoms with E-state index in [-0.39, 0.29) is 17.9 Å². The van der Waals surface area contributed by atoms with Crippen LogP contribution in [0.2, 0.25) is 0 Å². The summed E-state index contributed by atoms with van der Waals surface area (Å²) in [6.45, 7) is 4.27. The van der Waals surface area contributed by atoms with Crippen LogP contribution in [0.4, 0.5) is 5.69 Å². The smallest absolute Gasteiger partial charge is 0.235 e. The van der Waals surface area contributed by atoms with Crippen molar-refractivity contribution in [3.8, 4) is 5.88 Å². The van der Waals surface area contributed by atoms with Crippen molar-refractivity contribution >= 4 is 22.5 Å². The fraction of sp³-hybridized carbons (Fsp3) is 0.417. The van der Waals surface area contributed by atoms with Crippen molar-refractivity contribution in [3.63, 3.8) is 0 Å². The van der Waals surface area contributed by atoms with E-state index in [1.807, 2.05) is 44.2 Å². The first-order valence-corrected chi connectivity index (χ1v) is 10.8. The number of fused-ring (bicyclic) bond motifs is 2. The summed E-state index contributed by atoms with van der Waals surface area (Å²) in [4.78, 5) is 28.8. The lowest BCUT2D eigenvalue weighted by molar-refractivity contribution is -0.119. The maximum Gasteiger partial charge on any atom is 0.235 e. The van der Waals surface area contributed by atoms with E-state index in [1.54, 1.807) is 17.3 Å². The molecule has 6 heteroatoms. The molecule has 1 fully saturated rings. The predicted molar refractivity (Wildman–Crippen MR) is 115 cm³/mol. The van der Waals surface area contributed by atoms with Gasteiger partial charge in [-0.05, 0) is 56.4 Å². The van der Waals surface area contributed by atoms with Crippen molar-refractivity contribution in [1.82, 2.24) is 15.0 Å². The van der Waals surface area contributed by atoms with Crippen LogP contribution in [-0.2, 0) is 11.3 Å². The summed E-state index contributed by atoms with van der Waals surface area (Å²) < 4.78 is 5.95. The number of anilines is 1. The number of hydrogen-bond donors (Lipinski definition) is 0. The van der Waals surface area contributed by atoms with Crippen LogP contribution in [0.25, 0.3) is 10.9 Å². The Labute approximate surface area is 176 Å². The van der Waals surface area contributed by atoms with Crippen LogP contribution in [0.1, 0.15) is 56.8 Å². The highest BCUT2D eigenvalue weighted by atomic mass is 16.5. The molecular weight excluding hydrogens is 376 g/mol. The normalized spacial score (nSPS) is 18.3. The molecule has 154 valence electrons. The average Bonchev–Trinajstić information content (AvgIpc) is 3.52. The largest absolute Gasteiger partial charge is 0.474 e. The van der Waals surface area contributed by atoms with Crippen molar-refractivity contribution in [3.05, 3.63) is 54.1 Å². The highest BCUT2D eigenvalue weighted by Gasteiger charge is 2.38. The van der Waals surface area contributed by atoms with Crippen LogP contribution in [-0.4, -0.2) is 27.0 Å². The summed E-state index contributed by atoms with van der Waals surface area (Å²) >= 11 is 0. The lowest BCUT2D eigenvalue weighted by Gasteiger charge is -2.18. The number of rotatable bonds is 7. The molecule has 6 nitrogen and oxygen atoms in total. The minimum atomic E-state index is -0.0876. The third kappa shape index (κ3) is 3.62. The molecule has 1 amide bonds. The Hall–Kier alpha value is -3.02. The van der Waals surface area contributed by atoms with Crippen molar-refractivity contribution in [2.45, 2.75) is 58.1 Å². The lowest BCUT2D eigenvalue weighted by atomic mass is 9.95. The molecule has 3 aromatic rings. The number of hydrogen-bond acceptors (Lipinski definition) is 5. The van der Waals surface area contributed by atoms with Crippen LogP contribution < -0.4 is 9.64 Å². The van der Waals surface area contributed by atoms with Gasteiger partial charge in [-0.1, -0.05) is 25.0 Å². The van der Waals surface area contributed by atoms with Gasteiger partial charge in [-0.2, -0.15) is 4.98 Å². The molecule has 1 atom stereocenters. The van der Waals surface area contributed by atoms with Crippen LogP contribution in [0.3, 0.4) is 0 Å². The molecule has 0 bridgehead atoms. The Kier molecular flexibility index (Phi) is 4.85. The SMILES string of the molecule is CC(C)Oc1nc(CN2C(=O)C(CCC3CC3)c3ccncc32)nc2ccccc12. The second-order valence-corrected chi connectivity index (χ2v) is 8.56. The molecule has 1 aliphatic carbocycles. The van der Waals surface area contributed by atoms with Gasteiger partial charge in [-0.15, -0.1) is 0 Å². The first-order valence-electron chi connectivity index (χ1n) is 10.8. The highest BCUT2D eigenvalue weighted by molar-refractivity contribution is 6.04. The van der Waals surface area contributed by atoms with Gasteiger partial charge in [0, 0.05) is 6.20 Å². The fourth-order valence-corrected chi connectivity index (χ4v) is 4.23. The monoisotopic (exact) mass is 402 g/mol. The quantitative estimate of drug-likeness (QED) is 0.576. The summed E-state index contributed by atoms with van der Waals surface area (Å²) in [6.07, 6.45) is 8.19. The van der Waals surface area contributed by atoms with Gasteiger partial charge in [0.2, 0.25) is 11.8 Å². The zero-order valence-corrected chi connectivity index (χ0v) is 17.4. The van der Waals surface area contributed by atoms with Gasteiger partial charge < -0.3 is 9.64 Å². The number of carbonyl (C=O) groups excluding carboxylic acids is 1. The van der Waals surface area contributed by atoms with Gasteiger partial charge in [0.25, 0.3) is 0 Å². The standard InChI is InChI=1S/C24H26N4O2/c1-15(2)30-23-19-5-3-4-6-20(19)26-22(27-23)14-28-21-13-25-12-11-17(21)18(24(28)29)10-9-16-7-8-16/h3-6,11-13,15-16,18H,7-10,14H2,1-2H3. The molecule has 5 rings (SSSR count). The minimum Gasteiger partial charge on any atom is -0.474 e. The van der Waals surface area contributed by atoms with E-state index in [2.05, 4.69) is 9.97 Å². The zero-order valence-electron chi connectivity index (χ0n) is 17.4. The molecular formula is C24H26N4O2. The molecule has 0 spiro atoms. The number of pyridine rings is 1. The van der Waals surface area contributed by atoms with Crippen molar-refractivity contribution < 1.29 is 9.53 Å². The third-order valence-corrected chi connectivity index (χ3v) is 5.89. The topological polar surface area (TPSA) is 68.2 Å². The van der Waals surface area contributed by atoms with E-state index < -0.39 is 0 Å². The summed E-state index contributed by atoms with van der Waals surface area (Å²) in [5, 5.41) is 0.882. The van der Waals surface area contributed by atoms with Crippen LogP contribution >= 0.6 is 0 Å². The fourth-order valence-electron chi connectivity index (χ4n) is 4.23. The number of para-hydroxylation sites is 1. The Morgan fingerprint density at radius 3 is 2.77 bits per heavy atom. The zero-order chi connectivity index (χ0) is 20.7. The minimum absolute atomic E-state index is 0.00121. The van der Waals surface area contributed by atoms with Crippen molar-refractivity contribution in [2.24, 2.45) is 5.92 Å². The van der Waals surface area contributed by atoms with E-state index in [0.717, 1.165) is 40.9 Å². The first-order chi connectivity index (χ1) is 14.6. The van der Waals surface area contributed by atoms with Crippen molar-refractivity contribution in [2.75, 3.05) is 4.90 Å². The molecule has 1 unspecified atom stereocenters. The second-order valence-electron chi connectivity index (χ2n) is 8.56. The van der Waals surface area contributed by atoms with E-state index >= 15 is 0 Å². The Balaban J connectivity index is 1.47. The summed E-state index contributed by atoms with van der Waals surface area (Å²) in [6, 6.07) is 9.80. The molecule has 2 aliphatic rings. The van der Waals surface area contributed by atoms with E-state index in [1.165, 1.54) is 12.8 Å². The molecule has 1 saturated carbocycles. The number of ether oxygens (including phenoxy) is 1. The van der Waals surface area contributed by atoms with Gasteiger partial charge in [-0.3, -0.25) is 9.78 Å². The number of benzene rings is 1. The van der Waals surface area contributed by atoms with Gasteiger partial charge in [-0.25, -0.2) is 4.98 Å². The molecule has 0 saturated heterocycles. The number of carbonyl (C=O) groups is 1. The van der Waals surface area contributed by atoms with E-state index in [4.69, 9.17) is 9.72 Å². The molecule has 0 N–H and O–H groups in total. The third-order valence-electron chi connectivity index (χ3n) is 5.89. The molecule has 2 aromatic heterocycles. The summed E-state index contributed by atoms with van der Waals surface area (Å²) in [5.41, 5.74) is 2.78. The Morgan fingerprint density at radius 2 is 1.97 bits per heavy atom. The number of aromatic nitrogens is 3. The number of amides is 1. The second kappa shape index (κ2) is 7.67. The van der Waals surface area contributed by atoms with E-state index in [9.17, 15) is 4.79 Å². The van der Waals surface area contributed by atoms with Crippen LogP contribution in [0.15, 0.2) is 42.7 Å². The summed E-state index contributed by atoms with van der Waals surface area (Å²) in [5.74, 6) is 1.98. The van der Waals surface area contributed by atoms with E-state index in [0.29, 0.717) is 18.2 Å². The van der Waals surface area contributed by atoms with Crippen LogP contribution in [0.5, 0.6) is 5.88 Å². The maximum absolute atomic E-state index is 13.3.